The number of hydrogen-bond donors (Lipinski definition) is 1. The molecular weight excluding hydrogens is 270 g/mol. The lowest BCUT2D eigenvalue weighted by atomic mass is 10.2. The van der Waals surface area contributed by atoms with Crippen LogP contribution < -0.4 is 4.74 Å². The number of aromatic nitrogens is 3. The molecule has 0 bridgehead atoms. The summed E-state index contributed by atoms with van der Waals surface area (Å²) in [5.74, 6) is 1.74. The van der Waals surface area contributed by atoms with Crippen molar-refractivity contribution in [3.8, 4) is 27.7 Å². The van der Waals surface area contributed by atoms with Crippen LogP contribution >= 0.6 is 11.3 Å². The largest absolute Gasteiger partial charge is 0.495 e. The zero-order valence-corrected chi connectivity index (χ0v) is 12.4. The number of rotatable bonds is 3. The average Bonchev–Trinajstić information content (AvgIpc) is 3.02. The van der Waals surface area contributed by atoms with Crippen LogP contribution in [0.1, 0.15) is 11.3 Å². The molecule has 0 aliphatic rings. The van der Waals surface area contributed by atoms with Gasteiger partial charge >= 0.3 is 0 Å². The lowest BCUT2D eigenvalue weighted by Crippen LogP contribution is -1.86. The van der Waals surface area contributed by atoms with Crippen molar-refractivity contribution in [2.24, 2.45) is 0 Å². The molecule has 3 rings (SSSR count). The SMILES string of the molecule is COc1c(C)csc1-c1nc(-c2ccncc2)c(C)[nH]1. The Kier molecular flexibility index (Phi) is 3.28. The zero-order valence-electron chi connectivity index (χ0n) is 11.6. The van der Waals surface area contributed by atoms with Crippen LogP contribution in [0.5, 0.6) is 5.75 Å². The van der Waals surface area contributed by atoms with Gasteiger partial charge in [0.25, 0.3) is 0 Å². The number of aromatic amines is 1. The van der Waals surface area contributed by atoms with Gasteiger partial charge in [-0.1, -0.05) is 0 Å². The van der Waals surface area contributed by atoms with Crippen molar-refractivity contribution in [3.63, 3.8) is 0 Å². The van der Waals surface area contributed by atoms with E-state index in [4.69, 9.17) is 9.72 Å². The highest BCUT2D eigenvalue weighted by molar-refractivity contribution is 7.14. The van der Waals surface area contributed by atoms with Crippen molar-refractivity contribution < 1.29 is 4.74 Å². The number of aryl methyl sites for hydroxylation is 2. The maximum atomic E-state index is 5.47. The van der Waals surface area contributed by atoms with Gasteiger partial charge in [0, 0.05) is 29.2 Å². The fourth-order valence-corrected chi connectivity index (χ4v) is 3.17. The second kappa shape index (κ2) is 5.09. The van der Waals surface area contributed by atoms with Gasteiger partial charge < -0.3 is 9.72 Å². The van der Waals surface area contributed by atoms with E-state index in [-0.39, 0.29) is 0 Å². The summed E-state index contributed by atoms with van der Waals surface area (Å²) in [4.78, 5) is 13.1. The fourth-order valence-electron chi connectivity index (χ4n) is 2.21. The minimum Gasteiger partial charge on any atom is -0.495 e. The van der Waals surface area contributed by atoms with Crippen LogP contribution in [0.25, 0.3) is 22.0 Å². The molecule has 0 amide bonds. The topological polar surface area (TPSA) is 50.8 Å². The zero-order chi connectivity index (χ0) is 14.1. The first kappa shape index (κ1) is 12.9. The molecule has 0 saturated heterocycles. The Morgan fingerprint density at radius 3 is 2.65 bits per heavy atom. The number of hydrogen-bond acceptors (Lipinski definition) is 4. The Morgan fingerprint density at radius 2 is 1.95 bits per heavy atom. The van der Waals surface area contributed by atoms with Gasteiger partial charge in [-0.25, -0.2) is 4.98 Å². The number of nitrogens with zero attached hydrogens (tertiary/aromatic N) is 2. The van der Waals surface area contributed by atoms with Crippen molar-refractivity contribution >= 4 is 11.3 Å². The van der Waals surface area contributed by atoms with Crippen LogP contribution in [-0.2, 0) is 0 Å². The normalized spacial score (nSPS) is 10.8. The summed E-state index contributed by atoms with van der Waals surface area (Å²) in [5, 5.41) is 2.08. The number of nitrogens with one attached hydrogen (secondary N) is 1. The number of thiophene rings is 1. The standard InChI is InChI=1S/C15H15N3OS/c1-9-8-20-14(13(9)19-3)15-17-10(2)12(18-15)11-4-6-16-7-5-11/h4-8H,1-3H3,(H,17,18). The van der Waals surface area contributed by atoms with E-state index in [1.807, 2.05) is 26.0 Å². The molecule has 3 aromatic heterocycles. The summed E-state index contributed by atoms with van der Waals surface area (Å²) in [5.41, 5.74) is 4.19. The van der Waals surface area contributed by atoms with Gasteiger partial charge in [-0.3, -0.25) is 4.98 Å². The second-order valence-electron chi connectivity index (χ2n) is 4.58. The van der Waals surface area contributed by atoms with Gasteiger partial charge in [0.15, 0.2) is 5.82 Å². The van der Waals surface area contributed by atoms with E-state index in [9.17, 15) is 0 Å². The molecule has 0 atom stereocenters. The molecule has 0 unspecified atom stereocenters. The first-order chi connectivity index (χ1) is 9.70. The molecule has 20 heavy (non-hydrogen) atoms. The third-order valence-corrected chi connectivity index (χ3v) is 4.26. The lowest BCUT2D eigenvalue weighted by molar-refractivity contribution is 0.415. The molecule has 0 aliphatic carbocycles. The van der Waals surface area contributed by atoms with E-state index in [2.05, 4.69) is 15.3 Å². The third-order valence-electron chi connectivity index (χ3n) is 3.18. The molecule has 0 radical (unpaired) electrons. The third kappa shape index (κ3) is 2.10. The summed E-state index contributed by atoms with van der Waals surface area (Å²) in [6.45, 7) is 4.07. The van der Waals surface area contributed by atoms with Crippen molar-refractivity contribution in [1.82, 2.24) is 15.0 Å². The smallest absolute Gasteiger partial charge is 0.152 e. The maximum Gasteiger partial charge on any atom is 0.152 e. The summed E-state index contributed by atoms with van der Waals surface area (Å²) >= 11 is 1.64. The Morgan fingerprint density at radius 1 is 1.20 bits per heavy atom. The van der Waals surface area contributed by atoms with Crippen LogP contribution in [-0.4, -0.2) is 22.1 Å². The van der Waals surface area contributed by atoms with Crippen molar-refractivity contribution in [2.75, 3.05) is 7.11 Å². The average molecular weight is 285 g/mol. The van der Waals surface area contributed by atoms with Crippen LogP contribution in [0.2, 0.25) is 0 Å². The van der Waals surface area contributed by atoms with Gasteiger partial charge in [-0.2, -0.15) is 0 Å². The molecule has 1 N–H and O–H groups in total. The molecule has 0 aromatic carbocycles. The summed E-state index contributed by atoms with van der Waals surface area (Å²) in [7, 11) is 1.69. The van der Waals surface area contributed by atoms with Gasteiger partial charge in [0.1, 0.15) is 10.6 Å². The predicted octanol–water partition coefficient (Wildman–Crippen LogP) is 3.83. The Hall–Kier alpha value is -2.14. The number of H-pyrrole nitrogens is 1. The highest BCUT2D eigenvalue weighted by atomic mass is 32.1. The molecule has 0 fully saturated rings. The highest BCUT2D eigenvalue weighted by Gasteiger charge is 2.17. The number of imidazole rings is 1. The molecule has 0 saturated carbocycles. The van der Waals surface area contributed by atoms with Crippen LogP contribution in [0.15, 0.2) is 29.9 Å². The molecule has 5 heteroatoms. The molecule has 0 aliphatic heterocycles. The Balaban J connectivity index is 2.09. The monoisotopic (exact) mass is 285 g/mol. The molecule has 0 spiro atoms. The van der Waals surface area contributed by atoms with Crippen LogP contribution in [0.3, 0.4) is 0 Å². The summed E-state index contributed by atoms with van der Waals surface area (Å²) < 4.78 is 5.47. The predicted molar refractivity (Wildman–Crippen MR) is 81.2 cm³/mol. The molecule has 4 nitrogen and oxygen atoms in total. The first-order valence-corrected chi connectivity index (χ1v) is 7.18. The highest BCUT2D eigenvalue weighted by Crippen LogP contribution is 2.38. The lowest BCUT2D eigenvalue weighted by Gasteiger charge is -2.00. The molecule has 3 aromatic rings. The van der Waals surface area contributed by atoms with E-state index in [1.165, 1.54) is 0 Å². The Labute approximate surface area is 121 Å². The van der Waals surface area contributed by atoms with Crippen molar-refractivity contribution in [2.45, 2.75) is 13.8 Å². The minimum absolute atomic E-state index is 0.851. The van der Waals surface area contributed by atoms with Gasteiger partial charge in [-0.15, -0.1) is 11.3 Å². The van der Waals surface area contributed by atoms with Gasteiger partial charge in [0.05, 0.1) is 12.8 Å². The van der Waals surface area contributed by atoms with E-state index in [0.717, 1.165) is 39.0 Å². The van der Waals surface area contributed by atoms with Gasteiger partial charge in [0.2, 0.25) is 0 Å². The van der Waals surface area contributed by atoms with Crippen LogP contribution in [0.4, 0.5) is 0 Å². The summed E-state index contributed by atoms with van der Waals surface area (Å²) in [6.07, 6.45) is 3.55. The van der Waals surface area contributed by atoms with Gasteiger partial charge in [-0.05, 0) is 31.4 Å². The molecular formula is C15H15N3OS. The quantitative estimate of drug-likeness (QED) is 0.795. The minimum atomic E-state index is 0.851. The van der Waals surface area contributed by atoms with E-state index < -0.39 is 0 Å². The Bertz CT molecular complexity index is 731. The van der Waals surface area contributed by atoms with Crippen molar-refractivity contribution in [1.29, 1.82) is 0 Å². The first-order valence-electron chi connectivity index (χ1n) is 6.30. The summed E-state index contributed by atoms with van der Waals surface area (Å²) in [6, 6.07) is 3.92. The fraction of sp³-hybridized carbons (Fsp3) is 0.200. The van der Waals surface area contributed by atoms with E-state index >= 15 is 0 Å². The van der Waals surface area contributed by atoms with Crippen LogP contribution in [0, 0.1) is 13.8 Å². The molecule has 3 heterocycles. The number of methoxy groups -OCH3 is 1. The number of pyridine rings is 1. The van der Waals surface area contributed by atoms with E-state index in [1.54, 1.807) is 30.8 Å². The number of ether oxygens (including phenoxy) is 1. The maximum absolute atomic E-state index is 5.47. The second-order valence-corrected chi connectivity index (χ2v) is 5.46. The molecule has 102 valence electrons. The van der Waals surface area contributed by atoms with Crippen molar-refractivity contribution in [3.05, 3.63) is 41.2 Å². The van der Waals surface area contributed by atoms with E-state index in [0.29, 0.717) is 0 Å².